The van der Waals surface area contributed by atoms with E-state index in [9.17, 15) is 9.59 Å². The van der Waals surface area contributed by atoms with E-state index in [-0.39, 0.29) is 11.8 Å². The lowest BCUT2D eigenvalue weighted by Gasteiger charge is -2.19. The van der Waals surface area contributed by atoms with E-state index in [0.717, 1.165) is 46.3 Å². The van der Waals surface area contributed by atoms with Crippen LogP contribution in [0.1, 0.15) is 32.1 Å². The minimum absolute atomic E-state index is 0.0470. The molecule has 1 fully saturated rings. The summed E-state index contributed by atoms with van der Waals surface area (Å²) in [6.07, 6.45) is 2.68. The number of rotatable bonds is 5. The van der Waals surface area contributed by atoms with Crippen LogP contribution in [0.15, 0.2) is 36.5 Å². The Balaban J connectivity index is 1.45. The fraction of sp³-hybridized carbons (Fsp3) is 0.346. The smallest absolute Gasteiger partial charge is 0.264 e. The molecule has 1 N–H and O–H groups in total. The van der Waals surface area contributed by atoms with Gasteiger partial charge in [-0.1, -0.05) is 0 Å². The van der Waals surface area contributed by atoms with Crippen LogP contribution in [0.2, 0.25) is 0 Å². The van der Waals surface area contributed by atoms with Crippen LogP contribution in [-0.2, 0) is 7.05 Å². The summed E-state index contributed by atoms with van der Waals surface area (Å²) in [5.41, 5.74) is 3.22. The highest BCUT2D eigenvalue weighted by atomic mass is 32.1. The molecule has 4 aromatic rings. The van der Waals surface area contributed by atoms with Gasteiger partial charge in [0, 0.05) is 62.6 Å². The lowest BCUT2D eigenvalue weighted by Crippen LogP contribution is -2.34. The minimum atomic E-state index is -0.108. The topological polar surface area (TPSA) is 79.7 Å². The largest absolute Gasteiger partial charge is 0.456 e. The van der Waals surface area contributed by atoms with Crippen LogP contribution in [0.25, 0.3) is 21.1 Å². The molecular weight excluding hydrogens is 462 g/mol. The molecule has 4 heterocycles. The first-order valence-electron chi connectivity index (χ1n) is 11.6. The third kappa shape index (κ3) is 4.04. The average molecular weight is 492 g/mol. The van der Waals surface area contributed by atoms with E-state index in [0.29, 0.717) is 28.0 Å². The van der Waals surface area contributed by atoms with Gasteiger partial charge in [0.2, 0.25) is 0 Å². The van der Waals surface area contributed by atoms with Crippen LogP contribution in [0.4, 0.5) is 0 Å². The second kappa shape index (κ2) is 8.98. The minimum Gasteiger partial charge on any atom is -0.456 e. The molecule has 3 aromatic heterocycles. The second-order valence-electron chi connectivity index (χ2n) is 9.17. The Labute approximate surface area is 208 Å². The highest BCUT2D eigenvalue weighted by Crippen LogP contribution is 2.37. The van der Waals surface area contributed by atoms with E-state index in [1.165, 1.54) is 11.3 Å². The molecule has 182 valence electrons. The van der Waals surface area contributed by atoms with Crippen LogP contribution in [0.3, 0.4) is 0 Å². The number of carbonyl (C=O) groups excluding carboxylic acids is 2. The summed E-state index contributed by atoms with van der Waals surface area (Å²) < 4.78 is 9.12. The fourth-order valence-corrected chi connectivity index (χ4v) is 5.78. The summed E-state index contributed by atoms with van der Waals surface area (Å²) >= 11 is 1.42. The van der Waals surface area contributed by atoms with Crippen LogP contribution in [0.5, 0.6) is 11.5 Å². The first kappa shape index (κ1) is 23.3. The Bertz CT molecular complexity index is 1450. The number of pyridine rings is 1. The van der Waals surface area contributed by atoms with Crippen LogP contribution in [0, 0.1) is 6.92 Å². The summed E-state index contributed by atoms with van der Waals surface area (Å²) in [7, 11) is 7.68. The van der Waals surface area contributed by atoms with Gasteiger partial charge in [-0.05, 0) is 45.6 Å². The maximum Gasteiger partial charge on any atom is 0.264 e. The van der Waals surface area contributed by atoms with Gasteiger partial charge in [-0.2, -0.15) is 0 Å². The Morgan fingerprint density at radius 2 is 2.03 bits per heavy atom. The predicted molar refractivity (Wildman–Crippen MR) is 139 cm³/mol. The predicted octanol–water partition coefficient (Wildman–Crippen LogP) is 4.02. The van der Waals surface area contributed by atoms with Crippen molar-refractivity contribution < 1.29 is 14.3 Å². The van der Waals surface area contributed by atoms with Crippen molar-refractivity contribution in [1.82, 2.24) is 24.7 Å². The number of aryl methyl sites for hydroxylation is 1. The number of nitrogens with zero attached hydrogens (tertiary/aromatic N) is 4. The molecule has 2 amide bonds. The van der Waals surface area contributed by atoms with Crippen molar-refractivity contribution in [3.05, 3.63) is 52.7 Å². The molecule has 1 aliphatic heterocycles. The molecule has 1 aliphatic rings. The van der Waals surface area contributed by atoms with Crippen molar-refractivity contribution in [2.45, 2.75) is 19.4 Å². The molecule has 9 heteroatoms. The maximum absolute atomic E-state index is 13.2. The number of benzene rings is 1. The lowest BCUT2D eigenvalue weighted by atomic mass is 10.1. The average Bonchev–Trinajstić information content (AvgIpc) is 3.56. The van der Waals surface area contributed by atoms with Gasteiger partial charge in [-0.25, -0.2) is 0 Å². The number of hydrogen-bond donors (Lipinski definition) is 1. The molecule has 0 spiro atoms. The highest BCUT2D eigenvalue weighted by Gasteiger charge is 2.29. The van der Waals surface area contributed by atoms with Gasteiger partial charge in [-0.3, -0.25) is 14.6 Å². The van der Waals surface area contributed by atoms with Crippen molar-refractivity contribution >= 4 is 44.3 Å². The van der Waals surface area contributed by atoms with Crippen molar-refractivity contribution in [1.29, 1.82) is 0 Å². The number of thiophene rings is 1. The molecule has 0 bridgehead atoms. The Morgan fingerprint density at radius 1 is 1.23 bits per heavy atom. The monoisotopic (exact) mass is 491 g/mol. The number of fused-ring (bicyclic) bond motifs is 2. The molecule has 5 rings (SSSR count). The van der Waals surface area contributed by atoms with Crippen LogP contribution in [-0.4, -0.2) is 71.4 Å². The van der Waals surface area contributed by atoms with Gasteiger partial charge in [0.25, 0.3) is 11.8 Å². The van der Waals surface area contributed by atoms with Gasteiger partial charge in [0.1, 0.15) is 11.5 Å². The number of carbonyl (C=O) groups is 2. The van der Waals surface area contributed by atoms with Gasteiger partial charge in [0.05, 0.1) is 26.2 Å². The van der Waals surface area contributed by atoms with Crippen LogP contribution >= 0.6 is 11.3 Å². The third-order valence-electron chi connectivity index (χ3n) is 6.91. The number of aromatic nitrogens is 2. The zero-order valence-corrected chi connectivity index (χ0v) is 21.4. The second-order valence-corrected chi connectivity index (χ2v) is 10.2. The molecule has 0 unspecified atom stereocenters. The number of likely N-dealkylation sites (tertiary alicyclic amines) is 1. The van der Waals surface area contributed by atoms with Crippen molar-refractivity contribution in [2.24, 2.45) is 7.05 Å². The molecular formula is C26H29N5O3S. The summed E-state index contributed by atoms with van der Waals surface area (Å²) in [6, 6.07) is 9.79. The van der Waals surface area contributed by atoms with E-state index < -0.39 is 0 Å². The number of hydrogen-bond acceptors (Lipinski definition) is 6. The van der Waals surface area contributed by atoms with Crippen molar-refractivity contribution in [3.8, 4) is 11.5 Å². The molecule has 1 aromatic carbocycles. The van der Waals surface area contributed by atoms with Gasteiger partial charge < -0.3 is 24.4 Å². The quantitative estimate of drug-likeness (QED) is 0.456. The highest BCUT2D eigenvalue weighted by molar-refractivity contribution is 7.21. The van der Waals surface area contributed by atoms with E-state index >= 15 is 0 Å². The zero-order chi connectivity index (χ0) is 24.9. The van der Waals surface area contributed by atoms with E-state index in [1.807, 2.05) is 53.8 Å². The summed E-state index contributed by atoms with van der Waals surface area (Å²) in [4.78, 5) is 34.8. The Morgan fingerprint density at radius 3 is 2.74 bits per heavy atom. The number of amides is 2. The van der Waals surface area contributed by atoms with Gasteiger partial charge in [0.15, 0.2) is 0 Å². The standard InChI is InChI=1S/C26H29N5O3S/c1-15-23(25(32)27-2)18-7-6-17(12-20(18)30(15)5)34-21-8-10-28-19-13-22(35-24(19)21)26(33)31-11-9-16(14-31)29(3)4/h6-8,10,12-13,16H,9,11,14H2,1-5H3,(H,27,32)/t16-/m1/s1. The first-order valence-corrected chi connectivity index (χ1v) is 12.4. The molecule has 1 atom stereocenters. The van der Waals surface area contributed by atoms with Crippen LogP contribution < -0.4 is 10.1 Å². The van der Waals surface area contributed by atoms with E-state index in [2.05, 4.69) is 29.3 Å². The maximum atomic E-state index is 13.2. The van der Waals surface area contributed by atoms with Gasteiger partial charge >= 0.3 is 0 Å². The zero-order valence-electron chi connectivity index (χ0n) is 20.6. The molecule has 0 aliphatic carbocycles. The third-order valence-corrected chi connectivity index (χ3v) is 8.04. The summed E-state index contributed by atoms with van der Waals surface area (Å²) in [5, 5.41) is 3.60. The number of likely N-dealkylation sites (N-methyl/N-ethyl adjacent to an activating group) is 1. The molecule has 8 nitrogen and oxygen atoms in total. The fourth-order valence-electron chi connectivity index (χ4n) is 4.75. The summed E-state index contributed by atoms with van der Waals surface area (Å²) in [6.45, 7) is 3.44. The Hall–Kier alpha value is -3.43. The summed E-state index contributed by atoms with van der Waals surface area (Å²) in [5.74, 6) is 1.25. The normalized spacial score (nSPS) is 15.9. The lowest BCUT2D eigenvalue weighted by molar-refractivity contribution is 0.0787. The number of ether oxygens (including phenoxy) is 1. The molecule has 35 heavy (non-hydrogen) atoms. The van der Waals surface area contributed by atoms with E-state index in [1.54, 1.807) is 13.2 Å². The van der Waals surface area contributed by atoms with E-state index in [4.69, 9.17) is 4.74 Å². The Kier molecular flexibility index (Phi) is 5.98. The van der Waals surface area contributed by atoms with Crippen molar-refractivity contribution in [3.63, 3.8) is 0 Å². The van der Waals surface area contributed by atoms with Crippen molar-refractivity contribution in [2.75, 3.05) is 34.2 Å². The molecule has 1 saturated heterocycles. The molecule has 0 radical (unpaired) electrons. The number of nitrogens with one attached hydrogen (secondary N) is 1. The first-order chi connectivity index (χ1) is 16.8. The molecule has 0 saturated carbocycles. The van der Waals surface area contributed by atoms with Gasteiger partial charge in [-0.15, -0.1) is 11.3 Å². The SMILES string of the molecule is CNC(=O)c1c(C)n(C)c2cc(Oc3ccnc4cc(C(=O)N5CC[C@@H](N(C)C)C5)sc34)ccc12.